The number of nitrogens with zero attached hydrogens (tertiary/aromatic N) is 1. The van der Waals surface area contributed by atoms with E-state index in [0.717, 1.165) is 25.2 Å². The second kappa shape index (κ2) is 7.31. The van der Waals surface area contributed by atoms with Gasteiger partial charge in [0.15, 0.2) is 0 Å². The van der Waals surface area contributed by atoms with E-state index in [-0.39, 0.29) is 12.1 Å². The molecular weight excluding hydrogens is 268 g/mol. The highest BCUT2D eigenvalue weighted by atomic mass is 16.5. The molecule has 2 rings (SSSR count). The van der Waals surface area contributed by atoms with E-state index in [1.54, 1.807) is 18.9 Å². The first-order valence-electron chi connectivity index (χ1n) is 7.48. The van der Waals surface area contributed by atoms with Crippen LogP contribution < -0.4 is 10.1 Å². The molecule has 0 spiro atoms. The van der Waals surface area contributed by atoms with Gasteiger partial charge in [0.05, 0.1) is 12.7 Å². The minimum Gasteiger partial charge on any atom is -0.493 e. The summed E-state index contributed by atoms with van der Waals surface area (Å²) in [4.78, 5) is 13.4. The second-order valence-corrected chi connectivity index (χ2v) is 5.58. The molecule has 5 heteroatoms. The van der Waals surface area contributed by atoms with E-state index in [1.165, 1.54) is 11.1 Å². The van der Waals surface area contributed by atoms with Crippen LogP contribution in [-0.4, -0.2) is 48.9 Å². The first-order valence-corrected chi connectivity index (χ1v) is 7.48. The van der Waals surface area contributed by atoms with Gasteiger partial charge in [-0.05, 0) is 37.0 Å². The molecule has 0 radical (unpaired) electrons. The van der Waals surface area contributed by atoms with Crippen molar-refractivity contribution in [1.29, 1.82) is 0 Å². The number of carbonyl (C=O) groups excluding carboxylic acids is 1. The van der Waals surface area contributed by atoms with E-state index in [9.17, 15) is 9.90 Å². The van der Waals surface area contributed by atoms with Crippen molar-refractivity contribution >= 4 is 6.03 Å². The Morgan fingerprint density at radius 1 is 1.52 bits per heavy atom. The van der Waals surface area contributed by atoms with Gasteiger partial charge in [0.25, 0.3) is 0 Å². The fourth-order valence-corrected chi connectivity index (χ4v) is 2.33. The van der Waals surface area contributed by atoms with Crippen molar-refractivity contribution in [2.45, 2.75) is 32.3 Å². The van der Waals surface area contributed by atoms with Crippen molar-refractivity contribution in [2.75, 3.05) is 26.7 Å². The van der Waals surface area contributed by atoms with Crippen molar-refractivity contribution in [3.63, 3.8) is 0 Å². The zero-order valence-corrected chi connectivity index (χ0v) is 12.8. The number of hydrogen-bond donors (Lipinski definition) is 2. The maximum absolute atomic E-state index is 11.8. The Bertz CT molecular complexity index is 488. The lowest BCUT2D eigenvalue weighted by Crippen LogP contribution is -2.39. The van der Waals surface area contributed by atoms with Gasteiger partial charge in [-0.2, -0.15) is 0 Å². The van der Waals surface area contributed by atoms with Gasteiger partial charge in [-0.15, -0.1) is 0 Å². The van der Waals surface area contributed by atoms with Crippen molar-refractivity contribution in [2.24, 2.45) is 0 Å². The molecule has 1 aromatic rings. The van der Waals surface area contributed by atoms with Crippen LogP contribution in [0.5, 0.6) is 5.75 Å². The van der Waals surface area contributed by atoms with E-state index in [2.05, 4.69) is 11.4 Å². The smallest absolute Gasteiger partial charge is 0.317 e. The zero-order chi connectivity index (χ0) is 15.2. The average molecular weight is 292 g/mol. The molecule has 0 bridgehead atoms. The van der Waals surface area contributed by atoms with Crippen LogP contribution in [0.4, 0.5) is 4.79 Å². The fraction of sp³-hybridized carbons (Fsp3) is 0.562. The lowest BCUT2D eigenvalue weighted by molar-refractivity contribution is 0.163. The summed E-state index contributed by atoms with van der Waals surface area (Å²) in [5, 5.41) is 12.1. The number of amides is 2. The standard InChI is InChI=1S/C16H24N2O3/c1-12(19)6-9-18(2)16(20)17-8-5-13-3-4-15-14(11-13)7-10-21-15/h3-4,11-12,19H,5-10H2,1-2H3,(H,17,20). The van der Waals surface area contributed by atoms with Gasteiger partial charge in [-0.25, -0.2) is 4.79 Å². The second-order valence-electron chi connectivity index (χ2n) is 5.58. The number of aliphatic hydroxyl groups is 1. The van der Waals surface area contributed by atoms with Gasteiger partial charge in [-0.1, -0.05) is 12.1 Å². The number of aliphatic hydroxyl groups excluding tert-OH is 1. The van der Waals surface area contributed by atoms with Crippen LogP contribution in [0.3, 0.4) is 0 Å². The van der Waals surface area contributed by atoms with Crippen LogP contribution in [-0.2, 0) is 12.8 Å². The maximum atomic E-state index is 11.8. The molecule has 0 saturated carbocycles. The number of nitrogens with one attached hydrogen (secondary N) is 1. The predicted octanol–water partition coefficient (Wildman–Crippen LogP) is 1.58. The van der Waals surface area contributed by atoms with Crippen LogP contribution in [0.15, 0.2) is 18.2 Å². The fourth-order valence-electron chi connectivity index (χ4n) is 2.33. The van der Waals surface area contributed by atoms with Gasteiger partial charge in [0.2, 0.25) is 0 Å². The van der Waals surface area contributed by atoms with E-state index in [0.29, 0.717) is 19.5 Å². The van der Waals surface area contributed by atoms with Crippen LogP contribution in [0.2, 0.25) is 0 Å². The summed E-state index contributed by atoms with van der Waals surface area (Å²) in [5.41, 5.74) is 2.47. The SMILES string of the molecule is CC(O)CCN(C)C(=O)NCCc1ccc2c(c1)CCO2. The molecule has 1 aliphatic rings. The third kappa shape index (κ3) is 4.63. The minimum atomic E-state index is -0.381. The van der Waals surface area contributed by atoms with E-state index in [4.69, 9.17) is 4.74 Å². The Labute approximate surface area is 125 Å². The Morgan fingerprint density at radius 2 is 2.33 bits per heavy atom. The summed E-state index contributed by atoms with van der Waals surface area (Å²) in [5.74, 6) is 0.987. The van der Waals surface area contributed by atoms with E-state index < -0.39 is 0 Å². The van der Waals surface area contributed by atoms with Crippen LogP contribution in [0, 0.1) is 0 Å². The molecule has 116 valence electrons. The number of hydrogen-bond acceptors (Lipinski definition) is 3. The van der Waals surface area contributed by atoms with E-state index >= 15 is 0 Å². The average Bonchev–Trinajstić information content (AvgIpc) is 2.92. The first-order chi connectivity index (χ1) is 10.1. The van der Waals surface area contributed by atoms with Gasteiger partial charge in [-0.3, -0.25) is 0 Å². The largest absolute Gasteiger partial charge is 0.493 e. The molecule has 1 atom stereocenters. The summed E-state index contributed by atoms with van der Waals surface area (Å²) in [7, 11) is 1.74. The Balaban J connectivity index is 1.72. The molecule has 5 nitrogen and oxygen atoms in total. The van der Waals surface area contributed by atoms with Gasteiger partial charge >= 0.3 is 6.03 Å². The molecule has 0 saturated heterocycles. The number of rotatable bonds is 6. The molecule has 1 unspecified atom stereocenters. The Hall–Kier alpha value is -1.75. The highest BCUT2D eigenvalue weighted by Crippen LogP contribution is 2.25. The van der Waals surface area contributed by atoms with Crippen LogP contribution in [0.1, 0.15) is 24.5 Å². The lowest BCUT2D eigenvalue weighted by Gasteiger charge is -2.18. The molecule has 1 aliphatic heterocycles. The molecule has 2 amide bonds. The van der Waals surface area contributed by atoms with E-state index in [1.807, 2.05) is 12.1 Å². The van der Waals surface area contributed by atoms with Gasteiger partial charge < -0.3 is 20.1 Å². The molecule has 0 aliphatic carbocycles. The molecule has 0 fully saturated rings. The van der Waals surface area contributed by atoms with Crippen LogP contribution in [0.25, 0.3) is 0 Å². The number of carbonyl (C=O) groups is 1. The third-order valence-corrected chi connectivity index (χ3v) is 3.67. The third-order valence-electron chi connectivity index (χ3n) is 3.67. The number of fused-ring (bicyclic) bond motifs is 1. The molecular formula is C16H24N2O3. The minimum absolute atomic E-state index is 0.0971. The summed E-state index contributed by atoms with van der Waals surface area (Å²) in [6.45, 7) is 3.66. The summed E-state index contributed by atoms with van der Waals surface area (Å²) >= 11 is 0. The van der Waals surface area contributed by atoms with Gasteiger partial charge in [0, 0.05) is 26.6 Å². The van der Waals surface area contributed by atoms with Crippen molar-refractivity contribution in [3.05, 3.63) is 29.3 Å². The van der Waals surface area contributed by atoms with Crippen molar-refractivity contribution in [3.8, 4) is 5.75 Å². The topological polar surface area (TPSA) is 61.8 Å². The lowest BCUT2D eigenvalue weighted by atomic mass is 10.1. The maximum Gasteiger partial charge on any atom is 0.317 e. The monoisotopic (exact) mass is 292 g/mol. The van der Waals surface area contributed by atoms with Crippen molar-refractivity contribution in [1.82, 2.24) is 10.2 Å². The summed E-state index contributed by atoms with van der Waals surface area (Å²) < 4.78 is 5.48. The van der Waals surface area contributed by atoms with Crippen LogP contribution >= 0.6 is 0 Å². The van der Waals surface area contributed by atoms with Gasteiger partial charge in [0.1, 0.15) is 5.75 Å². The molecule has 1 aromatic carbocycles. The first kappa shape index (κ1) is 15.6. The summed E-state index contributed by atoms with van der Waals surface area (Å²) in [6, 6.07) is 6.12. The molecule has 2 N–H and O–H groups in total. The normalized spacial score (nSPS) is 14.2. The zero-order valence-electron chi connectivity index (χ0n) is 12.8. The number of ether oxygens (including phenoxy) is 1. The number of benzene rings is 1. The number of urea groups is 1. The van der Waals surface area contributed by atoms with Crippen molar-refractivity contribution < 1.29 is 14.6 Å². The highest BCUT2D eigenvalue weighted by Gasteiger charge is 2.12. The predicted molar refractivity (Wildman–Crippen MR) is 81.7 cm³/mol. The summed E-state index contributed by atoms with van der Waals surface area (Å²) in [6.07, 6.45) is 1.99. The highest BCUT2D eigenvalue weighted by molar-refractivity contribution is 5.73. The molecule has 1 heterocycles. The Kier molecular flexibility index (Phi) is 5.44. The quantitative estimate of drug-likeness (QED) is 0.837. The Morgan fingerprint density at radius 3 is 3.10 bits per heavy atom. The molecule has 0 aromatic heterocycles. The molecule has 21 heavy (non-hydrogen) atoms.